The zero-order valence-corrected chi connectivity index (χ0v) is 28.0. The second-order valence-electron chi connectivity index (χ2n) is 13.0. The van der Waals surface area contributed by atoms with Crippen LogP contribution in [0.4, 0.5) is 5.69 Å². The van der Waals surface area contributed by atoms with E-state index in [9.17, 15) is 19.5 Å². The van der Waals surface area contributed by atoms with Crippen molar-refractivity contribution in [3.05, 3.63) is 83.2 Å². The molecule has 1 amide bonds. The predicted octanol–water partition coefficient (Wildman–Crippen LogP) is 7.00. The topological polar surface area (TPSA) is 103 Å². The van der Waals surface area contributed by atoms with Gasteiger partial charge in [0.2, 0.25) is 5.36 Å². The number of anilines is 1. The molecule has 8 nitrogen and oxygen atoms in total. The van der Waals surface area contributed by atoms with Crippen LogP contribution < -0.4 is 20.1 Å². The van der Waals surface area contributed by atoms with Crippen molar-refractivity contribution in [3.8, 4) is 22.5 Å². The first-order valence-corrected chi connectivity index (χ1v) is 16.6. The lowest BCUT2D eigenvalue weighted by atomic mass is 9.89. The van der Waals surface area contributed by atoms with E-state index in [0.717, 1.165) is 53.2 Å². The molecular weight excluding hydrogens is 590 g/mol. The number of carboxylic acid groups (broad SMARTS) is 1. The van der Waals surface area contributed by atoms with Gasteiger partial charge in [0.15, 0.2) is 0 Å². The van der Waals surface area contributed by atoms with Gasteiger partial charge in [0.25, 0.3) is 5.91 Å². The molecule has 2 aliphatic carbocycles. The van der Waals surface area contributed by atoms with E-state index in [1.807, 2.05) is 74.1 Å². The van der Waals surface area contributed by atoms with Crippen molar-refractivity contribution < 1.29 is 23.9 Å². The number of rotatable bonds is 11. The van der Waals surface area contributed by atoms with Crippen LogP contribution >= 0.6 is 0 Å². The van der Waals surface area contributed by atoms with Crippen LogP contribution in [0.5, 0.6) is 0 Å². The van der Waals surface area contributed by atoms with Gasteiger partial charge in [-0.2, -0.15) is 0 Å². The average molecular weight is 637 g/mol. The molecule has 0 spiro atoms. The van der Waals surface area contributed by atoms with Crippen LogP contribution in [0.25, 0.3) is 33.4 Å². The second-order valence-corrected chi connectivity index (χ2v) is 13.0. The number of nitrogens with one attached hydrogen (secondary N) is 1. The van der Waals surface area contributed by atoms with Gasteiger partial charge in [-0.25, -0.2) is 9.37 Å². The normalized spacial score (nSPS) is 15.5. The van der Waals surface area contributed by atoms with Gasteiger partial charge < -0.3 is 19.7 Å². The Balaban J connectivity index is 1.34. The van der Waals surface area contributed by atoms with Crippen LogP contribution in [0, 0.1) is 5.92 Å². The first-order chi connectivity index (χ1) is 22.6. The summed E-state index contributed by atoms with van der Waals surface area (Å²) in [6.07, 6.45) is 12.8. The standard InChI is InChI=1S/C39H45N3O5/c1-41(2)28-16-20-32-35(24-28)47-36-25-29(42(3)4)17-21-33(36)37(32)31-19-15-27(23-34(31)39(45)46)38(44)40-22-10-13-30(43)18-14-26-11-8-6-5-7-9-12-26/h5-6,15-17,19-21,23-26H,7-14,18,22H2,1-4H3,(H-,40,44,45,46)/p+1/b6-5+. The highest BCUT2D eigenvalue weighted by atomic mass is 16.4. The van der Waals surface area contributed by atoms with E-state index >= 15 is 0 Å². The Hall–Kier alpha value is -4.72. The van der Waals surface area contributed by atoms with Gasteiger partial charge in [0, 0.05) is 73.4 Å². The van der Waals surface area contributed by atoms with Crippen molar-refractivity contribution in [2.45, 2.75) is 57.8 Å². The molecule has 1 heterocycles. The maximum atomic E-state index is 13.1. The summed E-state index contributed by atoms with van der Waals surface area (Å²) in [6.45, 7) is 0.348. The van der Waals surface area contributed by atoms with Crippen LogP contribution in [0.15, 0.2) is 71.2 Å². The minimum absolute atomic E-state index is 0.0275. The van der Waals surface area contributed by atoms with E-state index in [1.165, 1.54) is 18.9 Å². The van der Waals surface area contributed by atoms with Gasteiger partial charge in [-0.3, -0.25) is 9.59 Å². The molecule has 1 atom stereocenters. The molecule has 47 heavy (non-hydrogen) atoms. The monoisotopic (exact) mass is 636 g/mol. The Morgan fingerprint density at radius 2 is 1.72 bits per heavy atom. The van der Waals surface area contributed by atoms with Crippen molar-refractivity contribution in [2.24, 2.45) is 5.92 Å². The molecule has 1 unspecified atom stereocenters. The van der Waals surface area contributed by atoms with Crippen LogP contribution in [0.3, 0.4) is 0 Å². The Bertz CT molecular complexity index is 1850. The molecule has 0 bridgehead atoms. The van der Waals surface area contributed by atoms with Gasteiger partial charge in [-0.1, -0.05) is 24.6 Å². The van der Waals surface area contributed by atoms with Crippen molar-refractivity contribution in [2.75, 3.05) is 39.6 Å². The van der Waals surface area contributed by atoms with E-state index in [-0.39, 0.29) is 22.8 Å². The summed E-state index contributed by atoms with van der Waals surface area (Å²) >= 11 is 0. The molecule has 0 saturated carbocycles. The molecule has 2 aromatic rings. The molecule has 0 radical (unpaired) electrons. The third kappa shape index (κ3) is 8.17. The molecule has 5 rings (SSSR count). The van der Waals surface area contributed by atoms with Gasteiger partial charge in [-0.05, 0) is 80.3 Å². The summed E-state index contributed by atoms with van der Waals surface area (Å²) < 4.78 is 8.37. The summed E-state index contributed by atoms with van der Waals surface area (Å²) in [5, 5.41) is 15.0. The van der Waals surface area contributed by atoms with Gasteiger partial charge in [-0.15, -0.1) is 0 Å². The van der Waals surface area contributed by atoms with E-state index in [2.05, 4.69) is 17.5 Å². The maximum absolute atomic E-state index is 13.1. The van der Waals surface area contributed by atoms with Crippen LogP contribution in [-0.4, -0.2) is 57.5 Å². The Labute approximate surface area is 276 Å². The zero-order valence-electron chi connectivity index (χ0n) is 28.0. The van der Waals surface area contributed by atoms with Gasteiger partial charge in [0.1, 0.15) is 31.2 Å². The number of allylic oxidation sites excluding steroid dienone is 2. The van der Waals surface area contributed by atoms with Gasteiger partial charge >= 0.3 is 5.97 Å². The second kappa shape index (κ2) is 15.2. The van der Waals surface area contributed by atoms with Crippen molar-refractivity contribution in [1.29, 1.82) is 0 Å². The highest BCUT2D eigenvalue weighted by molar-refractivity contribution is 6.09. The lowest BCUT2D eigenvalue weighted by Gasteiger charge is -2.19. The molecule has 3 aliphatic rings. The fourth-order valence-electron chi connectivity index (χ4n) is 6.40. The molecule has 0 aromatic heterocycles. The van der Waals surface area contributed by atoms with Crippen molar-refractivity contribution >= 4 is 34.3 Å². The minimum Gasteiger partial charge on any atom is -0.478 e. The summed E-state index contributed by atoms with van der Waals surface area (Å²) in [4.78, 5) is 40.3. The highest BCUT2D eigenvalue weighted by Gasteiger charge is 2.24. The largest absolute Gasteiger partial charge is 0.478 e. The first kappa shape index (κ1) is 33.6. The number of amides is 1. The first-order valence-electron chi connectivity index (χ1n) is 16.6. The fourth-order valence-corrected chi connectivity index (χ4v) is 6.40. The summed E-state index contributed by atoms with van der Waals surface area (Å²) in [7, 11) is 7.82. The molecule has 2 aromatic carbocycles. The van der Waals surface area contributed by atoms with E-state index in [0.29, 0.717) is 48.6 Å². The van der Waals surface area contributed by atoms with Crippen molar-refractivity contribution in [3.63, 3.8) is 0 Å². The highest BCUT2D eigenvalue weighted by Crippen LogP contribution is 2.42. The minimum atomic E-state index is -1.13. The predicted molar refractivity (Wildman–Crippen MR) is 188 cm³/mol. The smallest absolute Gasteiger partial charge is 0.336 e. The quantitative estimate of drug-likeness (QED) is 0.0796. The number of ketones is 1. The number of benzene rings is 3. The van der Waals surface area contributed by atoms with Crippen LogP contribution in [0.1, 0.15) is 78.5 Å². The van der Waals surface area contributed by atoms with Crippen LogP contribution in [0.2, 0.25) is 0 Å². The number of carbonyl (C=O) groups is 3. The Kier molecular flexibility index (Phi) is 10.9. The molecule has 246 valence electrons. The van der Waals surface area contributed by atoms with Crippen molar-refractivity contribution in [1.82, 2.24) is 9.89 Å². The number of carboxylic acids is 1. The number of Topliss-reactive ketones (excluding diaryl/α,β-unsaturated/α-hetero) is 1. The third-order valence-corrected chi connectivity index (χ3v) is 9.14. The molecular formula is C39H46N3O5+. The summed E-state index contributed by atoms with van der Waals surface area (Å²) in [5.74, 6) is -0.0131. The van der Waals surface area contributed by atoms with Crippen LogP contribution in [-0.2, 0) is 4.79 Å². The average Bonchev–Trinajstić information content (AvgIpc) is 3.04. The summed E-state index contributed by atoms with van der Waals surface area (Å²) in [6, 6.07) is 16.6. The number of aromatic carboxylic acids is 1. The number of hydrogen-bond acceptors (Lipinski definition) is 5. The van der Waals surface area contributed by atoms with E-state index in [4.69, 9.17) is 4.42 Å². The lowest BCUT2D eigenvalue weighted by molar-refractivity contribution is -0.119. The summed E-state index contributed by atoms with van der Waals surface area (Å²) in [5.41, 5.74) is 3.88. The number of hydrogen-bond donors (Lipinski definition) is 2. The Morgan fingerprint density at radius 3 is 2.49 bits per heavy atom. The molecule has 0 fully saturated rings. The third-order valence-electron chi connectivity index (χ3n) is 9.14. The maximum Gasteiger partial charge on any atom is 0.336 e. The van der Waals surface area contributed by atoms with E-state index < -0.39 is 5.97 Å². The fraction of sp³-hybridized carbons (Fsp3) is 0.385. The number of fused-ring (bicyclic) bond motifs is 2. The molecule has 1 aliphatic heterocycles. The molecule has 0 saturated heterocycles. The Morgan fingerprint density at radius 1 is 0.936 bits per heavy atom. The lowest BCUT2D eigenvalue weighted by Crippen LogP contribution is -2.25. The SMILES string of the molecule is CN(C)c1ccc2c(-c3ccc(C(=O)NCCCC(=O)CCC4CC/C=C/CCC4)cc3C(=O)O)c3ccc(=[N+](C)C)cc-3oc2c1. The van der Waals surface area contributed by atoms with Gasteiger partial charge in [0.05, 0.1) is 11.6 Å². The number of carbonyl (C=O) groups excluding carboxylic acids is 2. The van der Waals surface area contributed by atoms with E-state index in [1.54, 1.807) is 12.1 Å². The number of nitrogens with zero attached hydrogens (tertiary/aromatic N) is 2. The zero-order chi connectivity index (χ0) is 33.5. The molecule has 2 N–H and O–H groups in total. The molecule has 8 heteroatoms.